The van der Waals surface area contributed by atoms with E-state index in [1.165, 1.54) is 24.9 Å². The summed E-state index contributed by atoms with van der Waals surface area (Å²) in [6.07, 6.45) is -9.16. The first-order valence-corrected chi connectivity index (χ1v) is 11.6. The Labute approximate surface area is 202 Å². The van der Waals surface area contributed by atoms with E-state index in [9.17, 15) is 35.7 Å². The number of hydrogen-bond acceptors (Lipinski definition) is 13. The van der Waals surface area contributed by atoms with Crippen LogP contribution in [-0.2, 0) is 14.2 Å². The van der Waals surface area contributed by atoms with Crippen molar-refractivity contribution in [2.75, 3.05) is 26.8 Å². The van der Waals surface area contributed by atoms with Gasteiger partial charge in [0, 0.05) is 18.4 Å². The lowest BCUT2D eigenvalue weighted by molar-refractivity contribution is -0.355. The van der Waals surface area contributed by atoms with Gasteiger partial charge in [0.05, 0.1) is 13.2 Å². The van der Waals surface area contributed by atoms with Crippen LogP contribution in [0, 0.1) is 0 Å². The predicted molar refractivity (Wildman–Crippen MR) is 117 cm³/mol. The summed E-state index contributed by atoms with van der Waals surface area (Å²) in [7, 11) is 2.19. The Morgan fingerprint density at radius 3 is 2.23 bits per heavy atom. The van der Waals surface area contributed by atoms with Crippen molar-refractivity contribution in [2.45, 2.75) is 80.3 Å². The molecule has 2 unspecified atom stereocenters. The zero-order chi connectivity index (χ0) is 25.7. The quantitative estimate of drug-likeness (QED) is 0.196. The summed E-state index contributed by atoms with van der Waals surface area (Å²) >= 11 is 0. The molecule has 1 aromatic rings. The molecule has 11 atom stereocenters. The maximum atomic E-state index is 9.94. The lowest BCUT2D eigenvalue weighted by atomic mass is 9.97. The number of hydrogen-bond donors (Lipinski definition) is 8. The van der Waals surface area contributed by atoms with Gasteiger partial charge in [-0.25, -0.2) is 0 Å². The Kier molecular flexibility index (Phi) is 10.3. The average Bonchev–Trinajstić information content (AvgIpc) is 3.30. The highest BCUT2D eigenvalue weighted by Gasteiger charge is 2.50. The van der Waals surface area contributed by atoms with Gasteiger partial charge in [-0.2, -0.15) is 0 Å². The van der Waals surface area contributed by atoms with Crippen molar-refractivity contribution < 1.29 is 55.1 Å². The van der Waals surface area contributed by atoms with Crippen molar-refractivity contribution in [1.82, 2.24) is 9.88 Å². The predicted octanol–water partition coefficient (Wildman–Crippen LogP) is -3.55. The second-order valence-electron chi connectivity index (χ2n) is 8.95. The molecule has 0 saturated carbocycles. The van der Waals surface area contributed by atoms with Gasteiger partial charge < -0.3 is 55.1 Å². The molecule has 3 saturated heterocycles. The standard InChI is InChI=1S/C12H22O11.C10H14N2/c13-1-3-5(15)6(16)9(19)12(22-3)23-10-4(2-14)21-11(20)8(18)7(10)17;1-12-7-3-5-10(12)9-4-2-6-11-8-9/h3-20H,1-2H2;2,4,6,8,10H,3,5,7H2,1H3/t3-,4-,5+,6+,7-,8-,9-,10-,11?,12+;/m1./s1. The second kappa shape index (κ2) is 12.8. The molecule has 35 heavy (non-hydrogen) atoms. The average molecular weight is 505 g/mol. The highest BCUT2D eigenvalue weighted by molar-refractivity contribution is 5.14. The largest absolute Gasteiger partial charge is 0.394 e. The SMILES string of the molecule is CN1CCCC1c1cccnc1.OC[C@H]1O[C@@H](O[C@H]2[C@H](O)[C@@H](O)C(O)O[C@@H]2CO)[C@H](O)[C@@H](O)[C@H]1O. The molecule has 0 aromatic carbocycles. The van der Waals surface area contributed by atoms with Gasteiger partial charge in [-0.1, -0.05) is 6.07 Å². The maximum Gasteiger partial charge on any atom is 0.187 e. The third-order valence-electron chi connectivity index (χ3n) is 6.57. The zero-order valence-electron chi connectivity index (χ0n) is 19.4. The van der Waals surface area contributed by atoms with Gasteiger partial charge in [0.25, 0.3) is 0 Å². The highest BCUT2D eigenvalue weighted by Crippen LogP contribution is 2.30. The monoisotopic (exact) mass is 504 g/mol. The molecule has 13 nitrogen and oxygen atoms in total. The minimum Gasteiger partial charge on any atom is -0.394 e. The molecule has 13 heteroatoms. The fraction of sp³-hybridized carbons (Fsp3) is 0.773. The number of nitrogens with zero attached hydrogens (tertiary/aromatic N) is 2. The molecule has 0 radical (unpaired) electrons. The summed E-state index contributed by atoms with van der Waals surface area (Å²) in [5.74, 6) is 0. The van der Waals surface area contributed by atoms with Crippen molar-refractivity contribution in [3.05, 3.63) is 30.1 Å². The van der Waals surface area contributed by atoms with E-state index in [4.69, 9.17) is 19.3 Å². The van der Waals surface area contributed by atoms with Crippen LogP contribution in [0.3, 0.4) is 0 Å². The zero-order valence-corrected chi connectivity index (χ0v) is 19.4. The van der Waals surface area contributed by atoms with Crippen LogP contribution in [0.15, 0.2) is 24.5 Å². The molecule has 0 amide bonds. The molecule has 4 heterocycles. The Bertz CT molecular complexity index is 758. The first-order valence-electron chi connectivity index (χ1n) is 11.6. The van der Waals surface area contributed by atoms with Crippen LogP contribution in [0.25, 0.3) is 0 Å². The van der Waals surface area contributed by atoms with Crippen molar-refractivity contribution >= 4 is 0 Å². The third-order valence-corrected chi connectivity index (χ3v) is 6.57. The highest BCUT2D eigenvalue weighted by atomic mass is 16.7. The molecule has 0 aliphatic carbocycles. The Balaban J connectivity index is 0.000000237. The van der Waals surface area contributed by atoms with E-state index in [0.29, 0.717) is 6.04 Å². The molecule has 3 fully saturated rings. The van der Waals surface area contributed by atoms with E-state index < -0.39 is 74.6 Å². The van der Waals surface area contributed by atoms with Crippen molar-refractivity contribution in [2.24, 2.45) is 0 Å². The van der Waals surface area contributed by atoms with Crippen molar-refractivity contribution in [3.8, 4) is 0 Å². The first-order chi connectivity index (χ1) is 16.7. The van der Waals surface area contributed by atoms with Crippen LogP contribution in [0.1, 0.15) is 24.4 Å². The summed E-state index contributed by atoms with van der Waals surface area (Å²) in [4.78, 5) is 6.54. The smallest absolute Gasteiger partial charge is 0.187 e. The summed E-state index contributed by atoms with van der Waals surface area (Å²) in [6.45, 7) is -0.123. The molecule has 0 spiro atoms. The second-order valence-corrected chi connectivity index (χ2v) is 8.95. The summed E-state index contributed by atoms with van der Waals surface area (Å²) in [5.41, 5.74) is 1.36. The van der Waals surface area contributed by atoms with Gasteiger partial charge in [0.1, 0.15) is 48.8 Å². The molecule has 1 aromatic heterocycles. The number of likely N-dealkylation sites (tertiary alicyclic amines) is 1. The molecular weight excluding hydrogens is 468 g/mol. The number of rotatable bonds is 5. The van der Waals surface area contributed by atoms with Gasteiger partial charge >= 0.3 is 0 Å². The minimum atomic E-state index is -1.74. The number of aliphatic hydroxyl groups excluding tert-OH is 8. The van der Waals surface area contributed by atoms with Crippen molar-refractivity contribution in [1.29, 1.82) is 0 Å². The number of aromatic nitrogens is 1. The summed E-state index contributed by atoms with van der Waals surface area (Å²) in [5, 5.41) is 76.5. The van der Waals surface area contributed by atoms with E-state index in [0.717, 1.165) is 0 Å². The minimum absolute atomic E-state index is 0.610. The van der Waals surface area contributed by atoms with E-state index in [2.05, 4.69) is 23.0 Å². The van der Waals surface area contributed by atoms with E-state index in [1.807, 2.05) is 18.5 Å². The molecular formula is C22H36N2O11. The van der Waals surface area contributed by atoms with E-state index in [1.54, 1.807) is 0 Å². The molecule has 200 valence electrons. The fourth-order valence-corrected chi connectivity index (χ4v) is 4.47. The van der Waals surface area contributed by atoms with Gasteiger partial charge in [0.15, 0.2) is 12.6 Å². The van der Waals surface area contributed by atoms with Crippen LogP contribution in [-0.4, -0.2) is 139 Å². The molecule has 0 bridgehead atoms. The fourth-order valence-electron chi connectivity index (χ4n) is 4.47. The number of pyridine rings is 1. The maximum absolute atomic E-state index is 9.94. The first kappa shape index (κ1) is 28.2. The van der Waals surface area contributed by atoms with Gasteiger partial charge in [-0.15, -0.1) is 0 Å². The van der Waals surface area contributed by atoms with Crippen LogP contribution >= 0.6 is 0 Å². The lowest BCUT2D eigenvalue weighted by Gasteiger charge is -2.45. The molecule has 4 rings (SSSR count). The van der Waals surface area contributed by atoms with Crippen molar-refractivity contribution in [3.63, 3.8) is 0 Å². The number of ether oxygens (including phenoxy) is 3. The van der Waals surface area contributed by atoms with Crippen LogP contribution in [0.2, 0.25) is 0 Å². The summed E-state index contributed by atoms with van der Waals surface area (Å²) < 4.78 is 15.3. The van der Waals surface area contributed by atoms with E-state index in [-0.39, 0.29) is 0 Å². The normalized spacial score (nSPS) is 42.4. The van der Waals surface area contributed by atoms with Gasteiger partial charge in [0.2, 0.25) is 0 Å². The Hall–Kier alpha value is -1.33. The third kappa shape index (κ3) is 6.52. The van der Waals surface area contributed by atoms with Gasteiger partial charge in [-0.05, 0) is 38.1 Å². The summed E-state index contributed by atoms with van der Waals surface area (Å²) in [6, 6.07) is 4.79. The van der Waals surface area contributed by atoms with E-state index >= 15 is 0 Å². The van der Waals surface area contributed by atoms with Crippen LogP contribution in [0.4, 0.5) is 0 Å². The molecule has 3 aliphatic rings. The lowest BCUT2D eigenvalue weighted by Crippen LogP contribution is -2.64. The Morgan fingerprint density at radius 2 is 1.66 bits per heavy atom. The van der Waals surface area contributed by atoms with Gasteiger partial charge in [-0.3, -0.25) is 9.88 Å². The van der Waals surface area contributed by atoms with Crippen LogP contribution in [0.5, 0.6) is 0 Å². The molecule has 8 N–H and O–H groups in total. The molecule has 3 aliphatic heterocycles. The van der Waals surface area contributed by atoms with Crippen LogP contribution < -0.4 is 0 Å². The topological polar surface area (TPSA) is 206 Å². The number of aliphatic hydroxyl groups is 8. The Morgan fingerprint density at radius 1 is 0.943 bits per heavy atom.